The van der Waals surface area contributed by atoms with Crippen LogP contribution in [0.2, 0.25) is 4.34 Å². The number of ether oxygens (including phenoxy) is 1. The number of hydrogen-bond donors (Lipinski definition) is 1. The molecule has 18 heavy (non-hydrogen) atoms. The summed E-state index contributed by atoms with van der Waals surface area (Å²) < 4.78 is 6.63. The molecule has 0 aliphatic rings. The van der Waals surface area contributed by atoms with Gasteiger partial charge in [-0.05, 0) is 42.7 Å². The van der Waals surface area contributed by atoms with Crippen molar-refractivity contribution in [2.24, 2.45) is 5.73 Å². The molecule has 0 fully saturated rings. The molecule has 1 heterocycles. The lowest BCUT2D eigenvalue weighted by Gasteiger charge is -2.16. The number of halogens is 1. The summed E-state index contributed by atoms with van der Waals surface area (Å²) in [5.41, 5.74) is 5.75. The van der Waals surface area contributed by atoms with E-state index in [1.54, 1.807) is 11.8 Å². The highest BCUT2D eigenvalue weighted by molar-refractivity contribution is 7.98. The van der Waals surface area contributed by atoms with Gasteiger partial charge in [0.15, 0.2) is 0 Å². The molecule has 1 unspecified atom stereocenters. The van der Waals surface area contributed by atoms with Crippen molar-refractivity contribution in [3.8, 4) is 5.75 Å². The largest absolute Gasteiger partial charge is 0.484 e. The Labute approximate surface area is 120 Å². The first kappa shape index (κ1) is 13.7. The van der Waals surface area contributed by atoms with Crippen LogP contribution < -0.4 is 10.5 Å². The molecule has 0 bridgehead atoms. The van der Waals surface area contributed by atoms with E-state index in [9.17, 15) is 0 Å². The van der Waals surface area contributed by atoms with Gasteiger partial charge >= 0.3 is 0 Å². The van der Waals surface area contributed by atoms with Gasteiger partial charge in [-0.15, -0.1) is 23.1 Å². The van der Waals surface area contributed by atoms with E-state index in [1.165, 1.54) is 16.2 Å². The van der Waals surface area contributed by atoms with Crippen molar-refractivity contribution in [3.63, 3.8) is 0 Å². The monoisotopic (exact) mass is 299 g/mol. The molecule has 2 nitrogen and oxygen atoms in total. The van der Waals surface area contributed by atoms with E-state index < -0.39 is 0 Å². The number of thioether (sulfide) groups is 1. The van der Waals surface area contributed by atoms with Crippen molar-refractivity contribution < 1.29 is 4.74 Å². The summed E-state index contributed by atoms with van der Waals surface area (Å²) in [6, 6.07) is 11.8. The fraction of sp³-hybridized carbons (Fsp3) is 0.231. The molecule has 2 rings (SSSR count). The van der Waals surface area contributed by atoms with E-state index in [2.05, 4.69) is 0 Å². The Hall–Kier alpha value is -0.680. The van der Waals surface area contributed by atoms with Crippen molar-refractivity contribution in [3.05, 3.63) is 45.6 Å². The summed E-state index contributed by atoms with van der Waals surface area (Å²) in [4.78, 5) is 2.27. The third-order valence-corrected chi connectivity index (χ3v) is 4.53. The second-order valence-electron chi connectivity index (χ2n) is 3.66. The molecule has 1 aromatic heterocycles. The number of nitrogens with two attached hydrogens (primary N) is 1. The fourth-order valence-corrected chi connectivity index (χ4v) is 3.05. The predicted octanol–water partition coefficient (Wildman–Crippen LogP) is 4.20. The van der Waals surface area contributed by atoms with Crippen molar-refractivity contribution >= 4 is 34.7 Å². The van der Waals surface area contributed by atoms with E-state index in [4.69, 9.17) is 22.1 Å². The van der Waals surface area contributed by atoms with Crippen LogP contribution in [0.15, 0.2) is 41.3 Å². The second kappa shape index (κ2) is 6.48. The van der Waals surface area contributed by atoms with Gasteiger partial charge in [0.05, 0.1) is 4.34 Å². The molecular weight excluding hydrogens is 286 g/mol. The molecule has 0 saturated heterocycles. The average molecular weight is 300 g/mol. The minimum atomic E-state index is -0.136. The summed E-state index contributed by atoms with van der Waals surface area (Å²) in [6.45, 7) is 0.432. The summed E-state index contributed by atoms with van der Waals surface area (Å²) >= 11 is 9.13. The Balaban J connectivity index is 2.10. The highest BCUT2D eigenvalue weighted by Crippen LogP contribution is 2.30. The van der Waals surface area contributed by atoms with Crippen LogP contribution >= 0.6 is 34.7 Å². The van der Waals surface area contributed by atoms with Crippen molar-refractivity contribution in [1.82, 2.24) is 0 Å². The molecule has 1 atom stereocenters. The Morgan fingerprint density at radius 2 is 2.00 bits per heavy atom. The molecular formula is C13H14ClNOS2. The van der Waals surface area contributed by atoms with Crippen LogP contribution in [0.4, 0.5) is 0 Å². The zero-order valence-corrected chi connectivity index (χ0v) is 12.3. The van der Waals surface area contributed by atoms with Crippen molar-refractivity contribution in [2.75, 3.05) is 12.8 Å². The van der Waals surface area contributed by atoms with Crippen LogP contribution in [0, 0.1) is 0 Å². The zero-order chi connectivity index (χ0) is 13.0. The van der Waals surface area contributed by atoms with E-state index in [-0.39, 0.29) is 6.10 Å². The second-order valence-corrected chi connectivity index (χ2v) is 6.29. The van der Waals surface area contributed by atoms with E-state index in [1.807, 2.05) is 42.7 Å². The lowest BCUT2D eigenvalue weighted by Crippen LogP contribution is -2.17. The van der Waals surface area contributed by atoms with Crippen LogP contribution in [-0.4, -0.2) is 12.8 Å². The summed E-state index contributed by atoms with van der Waals surface area (Å²) in [6.07, 6.45) is 1.91. The Kier molecular flexibility index (Phi) is 4.95. The maximum atomic E-state index is 5.92. The molecule has 0 radical (unpaired) electrons. The molecule has 96 valence electrons. The molecule has 5 heteroatoms. The SMILES string of the molecule is CSc1ccc(OC(CN)c2ccc(Cl)s2)cc1. The standard InChI is InChI=1S/C13H14ClNOS2/c1-17-10-4-2-9(3-5-10)16-11(8-15)12-6-7-13(14)18-12/h2-7,11H,8,15H2,1H3. The molecule has 1 aromatic carbocycles. The van der Waals surface area contributed by atoms with Gasteiger partial charge in [-0.1, -0.05) is 11.6 Å². The molecule has 0 aliphatic carbocycles. The van der Waals surface area contributed by atoms with E-state index in [0.717, 1.165) is 15.0 Å². The third kappa shape index (κ3) is 3.42. The van der Waals surface area contributed by atoms with Crippen LogP contribution in [0.25, 0.3) is 0 Å². The Morgan fingerprint density at radius 1 is 1.28 bits per heavy atom. The van der Waals surface area contributed by atoms with Gasteiger partial charge in [-0.25, -0.2) is 0 Å². The van der Waals surface area contributed by atoms with Crippen molar-refractivity contribution in [2.45, 2.75) is 11.0 Å². The van der Waals surface area contributed by atoms with Crippen LogP contribution in [0.1, 0.15) is 11.0 Å². The molecule has 0 amide bonds. The topological polar surface area (TPSA) is 35.2 Å². The smallest absolute Gasteiger partial charge is 0.145 e. The lowest BCUT2D eigenvalue weighted by atomic mass is 10.3. The molecule has 0 spiro atoms. The maximum absolute atomic E-state index is 5.92. The number of thiophene rings is 1. The van der Waals surface area contributed by atoms with Gasteiger partial charge in [0.25, 0.3) is 0 Å². The molecule has 2 aromatic rings. The zero-order valence-electron chi connectivity index (χ0n) is 9.93. The summed E-state index contributed by atoms with van der Waals surface area (Å²) in [5, 5.41) is 0. The highest BCUT2D eigenvalue weighted by Gasteiger charge is 2.13. The first-order valence-electron chi connectivity index (χ1n) is 5.49. The maximum Gasteiger partial charge on any atom is 0.145 e. The minimum absolute atomic E-state index is 0.136. The van der Waals surface area contributed by atoms with Crippen molar-refractivity contribution in [1.29, 1.82) is 0 Å². The fourth-order valence-electron chi connectivity index (χ4n) is 1.54. The first-order valence-corrected chi connectivity index (χ1v) is 7.91. The number of benzene rings is 1. The normalized spacial score (nSPS) is 12.4. The van der Waals surface area contributed by atoms with Gasteiger partial charge in [-0.3, -0.25) is 0 Å². The molecule has 0 saturated carbocycles. The van der Waals surface area contributed by atoms with Gasteiger partial charge in [0, 0.05) is 16.3 Å². The third-order valence-electron chi connectivity index (χ3n) is 2.46. The van der Waals surface area contributed by atoms with Crippen LogP contribution in [0.3, 0.4) is 0 Å². The van der Waals surface area contributed by atoms with Crippen LogP contribution in [-0.2, 0) is 0 Å². The van der Waals surface area contributed by atoms with Gasteiger partial charge in [-0.2, -0.15) is 0 Å². The number of rotatable bonds is 5. The number of hydrogen-bond acceptors (Lipinski definition) is 4. The summed E-state index contributed by atoms with van der Waals surface area (Å²) in [5.74, 6) is 0.827. The molecule has 2 N–H and O–H groups in total. The van der Waals surface area contributed by atoms with Gasteiger partial charge in [0.2, 0.25) is 0 Å². The molecule has 0 aliphatic heterocycles. The Morgan fingerprint density at radius 3 is 2.50 bits per heavy atom. The Bertz CT molecular complexity index is 498. The van der Waals surface area contributed by atoms with Gasteiger partial charge < -0.3 is 10.5 Å². The van der Waals surface area contributed by atoms with E-state index in [0.29, 0.717) is 6.54 Å². The highest BCUT2D eigenvalue weighted by atomic mass is 35.5. The van der Waals surface area contributed by atoms with E-state index >= 15 is 0 Å². The lowest BCUT2D eigenvalue weighted by molar-refractivity contribution is 0.218. The average Bonchev–Trinajstić information content (AvgIpc) is 2.83. The van der Waals surface area contributed by atoms with Gasteiger partial charge in [0.1, 0.15) is 11.9 Å². The quantitative estimate of drug-likeness (QED) is 0.840. The summed E-state index contributed by atoms with van der Waals surface area (Å²) in [7, 11) is 0. The van der Waals surface area contributed by atoms with Crippen LogP contribution in [0.5, 0.6) is 5.75 Å². The minimum Gasteiger partial charge on any atom is -0.484 e. The first-order chi connectivity index (χ1) is 8.72. The predicted molar refractivity (Wildman–Crippen MR) is 80.0 cm³/mol.